The molecular weight excluding hydrogens is 352 g/mol. The van der Waals surface area contributed by atoms with Crippen LogP contribution in [0.5, 0.6) is 0 Å². The molecule has 0 saturated carbocycles. The Hall–Kier alpha value is -3.68. The van der Waals surface area contributed by atoms with Crippen LogP contribution in [0.2, 0.25) is 0 Å². The number of rotatable bonds is 5. The summed E-state index contributed by atoms with van der Waals surface area (Å²) >= 11 is 0. The average Bonchev–Trinajstić information content (AvgIpc) is 2.66. The van der Waals surface area contributed by atoms with Gasteiger partial charge < -0.3 is 19.0 Å². The van der Waals surface area contributed by atoms with E-state index in [1.807, 2.05) is 0 Å². The quantitative estimate of drug-likeness (QED) is 0.688. The second kappa shape index (κ2) is 7.69. The van der Waals surface area contributed by atoms with Crippen molar-refractivity contribution in [2.75, 3.05) is 11.9 Å². The summed E-state index contributed by atoms with van der Waals surface area (Å²) in [6.45, 7) is 1.59. The first-order valence-corrected chi connectivity index (χ1v) is 8.19. The Labute approximate surface area is 153 Å². The highest BCUT2D eigenvalue weighted by atomic mass is 16.5. The van der Waals surface area contributed by atoms with E-state index in [1.54, 1.807) is 37.3 Å². The molecule has 3 rings (SSSR count). The first kappa shape index (κ1) is 18.1. The maximum Gasteiger partial charge on any atom is 0.360 e. The first-order chi connectivity index (χ1) is 13.0. The van der Waals surface area contributed by atoms with Gasteiger partial charge in [-0.3, -0.25) is 14.4 Å². The lowest BCUT2D eigenvalue weighted by atomic mass is 10.2. The van der Waals surface area contributed by atoms with Crippen LogP contribution in [0.4, 0.5) is 5.69 Å². The van der Waals surface area contributed by atoms with Gasteiger partial charge >= 0.3 is 11.6 Å². The van der Waals surface area contributed by atoms with Crippen LogP contribution in [0.1, 0.15) is 17.3 Å². The molecule has 0 fully saturated rings. The van der Waals surface area contributed by atoms with Gasteiger partial charge in [-0.05, 0) is 31.2 Å². The molecule has 27 heavy (non-hydrogen) atoms. The summed E-state index contributed by atoms with van der Waals surface area (Å²) < 4.78 is 11.1. The Bertz CT molecular complexity index is 1110. The Morgan fingerprint density at radius 1 is 1.15 bits per heavy atom. The van der Waals surface area contributed by atoms with Gasteiger partial charge in [0.1, 0.15) is 17.8 Å². The highest BCUT2D eigenvalue weighted by Gasteiger charge is 2.14. The topological polar surface area (TPSA) is 108 Å². The Kier molecular flexibility index (Phi) is 5.16. The van der Waals surface area contributed by atoms with Crippen molar-refractivity contribution in [3.8, 4) is 0 Å². The molecule has 0 aliphatic rings. The second-order valence-corrected chi connectivity index (χ2v) is 5.60. The third-order valence-corrected chi connectivity index (χ3v) is 3.76. The lowest BCUT2D eigenvalue weighted by Gasteiger charge is -2.08. The van der Waals surface area contributed by atoms with Crippen molar-refractivity contribution in [2.45, 2.75) is 13.5 Å². The number of carbonyl (C=O) groups is 2. The van der Waals surface area contributed by atoms with Gasteiger partial charge in [0.15, 0.2) is 0 Å². The standard InChI is InChI=1S/C19H16N2O6/c1-2-26-16(22)11-21-9-8-15-13(18(21)24)10-14(19(25)27-15)20-17(23)12-6-4-3-5-7-12/h3-10H,2,11H2,1H3,(H,20,23). The minimum atomic E-state index is -0.783. The number of nitrogens with one attached hydrogen (secondary N) is 1. The largest absolute Gasteiger partial charge is 0.465 e. The summed E-state index contributed by atoms with van der Waals surface area (Å²) in [6.07, 6.45) is 1.34. The summed E-state index contributed by atoms with van der Waals surface area (Å²) in [5, 5.41) is 2.50. The number of fused-ring (bicyclic) bond motifs is 1. The number of hydrogen-bond donors (Lipinski definition) is 1. The third kappa shape index (κ3) is 3.95. The van der Waals surface area contributed by atoms with E-state index in [9.17, 15) is 19.2 Å². The number of esters is 1. The SMILES string of the molecule is CCOC(=O)Cn1ccc2oc(=O)c(NC(=O)c3ccccc3)cc2c1=O. The molecule has 0 spiro atoms. The van der Waals surface area contributed by atoms with Crippen molar-refractivity contribution in [2.24, 2.45) is 0 Å². The van der Waals surface area contributed by atoms with E-state index in [0.717, 1.165) is 4.57 Å². The molecule has 138 valence electrons. The van der Waals surface area contributed by atoms with Crippen LogP contribution >= 0.6 is 0 Å². The number of pyridine rings is 1. The predicted octanol–water partition coefficient (Wildman–Crippen LogP) is 1.77. The summed E-state index contributed by atoms with van der Waals surface area (Å²) in [7, 11) is 0. The molecule has 0 unspecified atom stereocenters. The zero-order valence-corrected chi connectivity index (χ0v) is 14.4. The van der Waals surface area contributed by atoms with Crippen LogP contribution < -0.4 is 16.5 Å². The van der Waals surface area contributed by atoms with Crippen LogP contribution in [0.3, 0.4) is 0 Å². The number of carbonyl (C=O) groups excluding carboxylic acids is 2. The smallest absolute Gasteiger partial charge is 0.360 e. The molecule has 8 nitrogen and oxygen atoms in total. The number of ether oxygens (including phenoxy) is 1. The van der Waals surface area contributed by atoms with E-state index in [0.29, 0.717) is 5.56 Å². The monoisotopic (exact) mass is 368 g/mol. The molecule has 0 bridgehead atoms. The Balaban J connectivity index is 1.97. The molecule has 3 aromatic rings. The summed E-state index contributed by atoms with van der Waals surface area (Å²) in [4.78, 5) is 48.5. The average molecular weight is 368 g/mol. The fourth-order valence-electron chi connectivity index (χ4n) is 2.50. The zero-order valence-electron chi connectivity index (χ0n) is 14.4. The van der Waals surface area contributed by atoms with Gasteiger partial charge in [0.25, 0.3) is 11.5 Å². The lowest BCUT2D eigenvalue weighted by molar-refractivity contribution is -0.143. The van der Waals surface area contributed by atoms with Crippen molar-refractivity contribution >= 4 is 28.5 Å². The summed E-state index contributed by atoms with van der Waals surface area (Å²) in [6, 6.07) is 11.0. The lowest BCUT2D eigenvalue weighted by Crippen LogP contribution is -2.26. The number of hydrogen-bond acceptors (Lipinski definition) is 6. The van der Waals surface area contributed by atoms with Gasteiger partial charge in [0.05, 0.1) is 12.0 Å². The number of benzene rings is 1. The maximum absolute atomic E-state index is 12.6. The van der Waals surface area contributed by atoms with Crippen LogP contribution in [0, 0.1) is 0 Å². The summed E-state index contributed by atoms with van der Waals surface area (Å²) in [5.74, 6) is -1.07. The molecule has 1 aromatic carbocycles. The molecule has 8 heteroatoms. The molecule has 0 aliphatic carbocycles. The molecule has 2 aromatic heterocycles. The Morgan fingerprint density at radius 3 is 2.59 bits per heavy atom. The van der Waals surface area contributed by atoms with Crippen molar-refractivity contribution in [3.63, 3.8) is 0 Å². The molecule has 0 radical (unpaired) electrons. The van der Waals surface area contributed by atoms with E-state index in [-0.39, 0.29) is 29.8 Å². The fraction of sp³-hybridized carbons (Fsp3) is 0.158. The van der Waals surface area contributed by atoms with Crippen LogP contribution in [-0.4, -0.2) is 23.1 Å². The summed E-state index contributed by atoms with van der Waals surface area (Å²) in [5.41, 5.74) is -1.08. The van der Waals surface area contributed by atoms with Crippen LogP contribution in [0.25, 0.3) is 11.0 Å². The van der Waals surface area contributed by atoms with Gasteiger partial charge in [-0.15, -0.1) is 0 Å². The zero-order chi connectivity index (χ0) is 19.4. The molecule has 2 heterocycles. The maximum atomic E-state index is 12.6. The third-order valence-electron chi connectivity index (χ3n) is 3.76. The van der Waals surface area contributed by atoms with E-state index in [2.05, 4.69) is 5.32 Å². The predicted molar refractivity (Wildman–Crippen MR) is 97.8 cm³/mol. The second-order valence-electron chi connectivity index (χ2n) is 5.60. The molecule has 0 saturated heterocycles. The molecule has 1 N–H and O–H groups in total. The number of nitrogens with zero attached hydrogens (tertiary/aromatic N) is 1. The van der Waals surface area contributed by atoms with Gasteiger partial charge in [-0.1, -0.05) is 18.2 Å². The minimum Gasteiger partial charge on any atom is -0.465 e. The van der Waals surface area contributed by atoms with Crippen LogP contribution in [-0.2, 0) is 16.1 Å². The number of amides is 1. The van der Waals surface area contributed by atoms with E-state index < -0.39 is 23.1 Å². The van der Waals surface area contributed by atoms with E-state index in [1.165, 1.54) is 18.3 Å². The van der Waals surface area contributed by atoms with Gasteiger partial charge in [0.2, 0.25) is 0 Å². The molecular formula is C19H16N2O6. The van der Waals surface area contributed by atoms with Gasteiger partial charge in [-0.2, -0.15) is 0 Å². The van der Waals surface area contributed by atoms with Crippen molar-refractivity contribution in [1.29, 1.82) is 0 Å². The molecule has 0 aliphatic heterocycles. The van der Waals surface area contributed by atoms with Crippen molar-refractivity contribution in [3.05, 3.63) is 75.0 Å². The minimum absolute atomic E-state index is 0.0582. The van der Waals surface area contributed by atoms with Crippen molar-refractivity contribution in [1.82, 2.24) is 4.57 Å². The van der Waals surface area contributed by atoms with E-state index in [4.69, 9.17) is 9.15 Å². The molecule has 0 atom stereocenters. The number of aromatic nitrogens is 1. The first-order valence-electron chi connectivity index (χ1n) is 8.19. The number of anilines is 1. The van der Waals surface area contributed by atoms with E-state index >= 15 is 0 Å². The van der Waals surface area contributed by atoms with Crippen LogP contribution in [0.15, 0.2) is 62.7 Å². The van der Waals surface area contributed by atoms with Crippen molar-refractivity contribution < 1.29 is 18.7 Å². The molecule has 1 amide bonds. The highest BCUT2D eigenvalue weighted by Crippen LogP contribution is 2.13. The normalized spacial score (nSPS) is 10.6. The fourth-order valence-corrected chi connectivity index (χ4v) is 2.50. The Morgan fingerprint density at radius 2 is 1.89 bits per heavy atom. The highest BCUT2D eigenvalue weighted by molar-refractivity contribution is 6.04. The van der Waals surface area contributed by atoms with Gasteiger partial charge in [-0.25, -0.2) is 4.79 Å². The van der Waals surface area contributed by atoms with Gasteiger partial charge in [0, 0.05) is 11.8 Å².